The minimum atomic E-state index is -0.816. The van der Waals surface area contributed by atoms with Crippen LogP contribution in [0, 0.1) is 6.92 Å². The van der Waals surface area contributed by atoms with E-state index in [1.807, 2.05) is 67.6 Å². The number of urea groups is 1. The number of rotatable bonds is 8. The molecule has 0 bridgehead atoms. The molecule has 7 heteroatoms. The van der Waals surface area contributed by atoms with Crippen LogP contribution in [0.5, 0.6) is 11.5 Å². The normalized spacial score (nSPS) is 14.3. The molecular weight excluding hydrogens is 492 g/mol. The van der Waals surface area contributed by atoms with Gasteiger partial charge in [-0.25, -0.2) is 9.69 Å². The van der Waals surface area contributed by atoms with Crippen molar-refractivity contribution in [2.45, 2.75) is 20.1 Å². The first-order valence-corrected chi connectivity index (χ1v) is 12.4. The number of nitrogens with zero attached hydrogens (tertiary/aromatic N) is 1. The number of para-hydroxylation sites is 1. The van der Waals surface area contributed by atoms with Crippen molar-refractivity contribution in [2.75, 3.05) is 4.90 Å². The van der Waals surface area contributed by atoms with Gasteiger partial charge in [-0.15, -0.1) is 0 Å². The maximum Gasteiger partial charge on any atom is 0.335 e. The van der Waals surface area contributed by atoms with Crippen LogP contribution in [-0.4, -0.2) is 17.8 Å². The lowest BCUT2D eigenvalue weighted by Gasteiger charge is -2.26. The Kier molecular flexibility index (Phi) is 7.50. The lowest BCUT2D eigenvalue weighted by molar-refractivity contribution is -0.122. The van der Waals surface area contributed by atoms with Crippen LogP contribution in [0.15, 0.2) is 109 Å². The smallest absolute Gasteiger partial charge is 0.335 e. The second-order valence-corrected chi connectivity index (χ2v) is 9.04. The number of anilines is 1. The van der Waals surface area contributed by atoms with E-state index in [1.165, 1.54) is 6.08 Å². The Morgan fingerprint density at radius 2 is 1.44 bits per heavy atom. The monoisotopic (exact) mass is 518 g/mol. The fourth-order valence-corrected chi connectivity index (χ4v) is 4.17. The molecule has 1 fully saturated rings. The number of hydrogen-bond acceptors (Lipinski definition) is 5. The fourth-order valence-electron chi connectivity index (χ4n) is 4.17. The van der Waals surface area contributed by atoms with Crippen molar-refractivity contribution < 1.29 is 23.9 Å². The van der Waals surface area contributed by atoms with Gasteiger partial charge in [0.1, 0.15) is 30.3 Å². The van der Waals surface area contributed by atoms with Crippen molar-refractivity contribution in [1.82, 2.24) is 5.32 Å². The number of carbonyl (C=O) groups excluding carboxylic acids is 3. The van der Waals surface area contributed by atoms with Gasteiger partial charge in [-0.1, -0.05) is 78.4 Å². The van der Waals surface area contributed by atoms with Gasteiger partial charge in [0.15, 0.2) is 0 Å². The Morgan fingerprint density at radius 3 is 2.21 bits per heavy atom. The number of ether oxygens (including phenoxy) is 2. The Bertz CT molecular complexity index is 1540. The van der Waals surface area contributed by atoms with E-state index >= 15 is 0 Å². The van der Waals surface area contributed by atoms with Crippen molar-refractivity contribution in [3.05, 3.63) is 131 Å². The Hall–Kier alpha value is -5.17. The number of hydrogen-bond donors (Lipinski definition) is 1. The lowest BCUT2D eigenvalue weighted by atomic mass is 10.1. The summed E-state index contributed by atoms with van der Waals surface area (Å²) in [6, 6.07) is 30.5. The summed E-state index contributed by atoms with van der Waals surface area (Å²) in [6.45, 7) is 2.72. The van der Waals surface area contributed by atoms with Crippen molar-refractivity contribution in [3.63, 3.8) is 0 Å². The van der Waals surface area contributed by atoms with E-state index < -0.39 is 17.8 Å². The van der Waals surface area contributed by atoms with Gasteiger partial charge >= 0.3 is 6.03 Å². The number of benzene rings is 4. The minimum Gasteiger partial charge on any atom is -0.489 e. The first kappa shape index (κ1) is 25.5. The topological polar surface area (TPSA) is 84.9 Å². The second-order valence-electron chi connectivity index (χ2n) is 9.04. The van der Waals surface area contributed by atoms with Crippen LogP contribution in [0.3, 0.4) is 0 Å². The van der Waals surface area contributed by atoms with Crippen molar-refractivity contribution in [3.8, 4) is 11.5 Å². The molecule has 1 saturated heterocycles. The summed E-state index contributed by atoms with van der Waals surface area (Å²) < 4.78 is 11.8. The van der Waals surface area contributed by atoms with Gasteiger partial charge in [-0.3, -0.25) is 14.9 Å². The molecule has 1 N–H and O–H groups in total. The number of imide groups is 2. The summed E-state index contributed by atoms with van der Waals surface area (Å²) in [5.41, 5.74) is 3.82. The predicted octanol–water partition coefficient (Wildman–Crippen LogP) is 5.82. The molecule has 0 atom stereocenters. The maximum atomic E-state index is 13.4. The highest BCUT2D eigenvalue weighted by atomic mass is 16.5. The molecule has 0 aliphatic carbocycles. The standard InChI is InChI=1S/C32H26N2O5/c1-22-8-7-11-24(18-22)21-39-29-13-6-5-12-25(29)19-28-30(35)33-32(37)34(31(28)36)26-14-16-27(17-15-26)38-20-23-9-3-2-4-10-23/h2-19H,20-21H2,1H3,(H,33,35,37)/b28-19+. The Morgan fingerprint density at radius 1 is 0.744 bits per heavy atom. The van der Waals surface area contributed by atoms with Gasteiger partial charge in [-0.2, -0.15) is 0 Å². The number of aryl methyl sites for hydroxylation is 1. The zero-order chi connectivity index (χ0) is 27.2. The molecule has 1 heterocycles. The number of barbiturate groups is 1. The summed E-state index contributed by atoms with van der Waals surface area (Å²) in [5.74, 6) is -0.401. The summed E-state index contributed by atoms with van der Waals surface area (Å²) in [6.07, 6.45) is 1.44. The third kappa shape index (κ3) is 6.05. The van der Waals surface area contributed by atoms with Crippen LogP contribution in [-0.2, 0) is 22.8 Å². The molecule has 4 amide bonds. The minimum absolute atomic E-state index is 0.175. The van der Waals surface area contributed by atoms with Crippen molar-refractivity contribution >= 4 is 29.6 Å². The van der Waals surface area contributed by atoms with Crippen LogP contribution in [0.2, 0.25) is 0 Å². The third-order valence-corrected chi connectivity index (χ3v) is 6.14. The number of carbonyl (C=O) groups is 3. The number of nitrogens with one attached hydrogen (secondary N) is 1. The highest BCUT2D eigenvalue weighted by Gasteiger charge is 2.37. The van der Waals surface area contributed by atoms with E-state index in [2.05, 4.69) is 5.32 Å². The SMILES string of the molecule is Cc1cccc(COc2ccccc2/C=C2\C(=O)NC(=O)N(c3ccc(OCc4ccccc4)cc3)C2=O)c1. The molecule has 0 saturated carbocycles. The average molecular weight is 519 g/mol. The highest BCUT2D eigenvalue weighted by molar-refractivity contribution is 6.39. The molecule has 0 radical (unpaired) electrons. The molecular formula is C32H26N2O5. The first-order chi connectivity index (χ1) is 19.0. The van der Waals surface area contributed by atoms with Crippen LogP contribution >= 0.6 is 0 Å². The average Bonchev–Trinajstić information content (AvgIpc) is 2.95. The molecule has 0 unspecified atom stereocenters. The zero-order valence-corrected chi connectivity index (χ0v) is 21.3. The van der Waals surface area contributed by atoms with Crippen LogP contribution in [0.1, 0.15) is 22.3 Å². The van der Waals surface area contributed by atoms with E-state index in [0.29, 0.717) is 36.0 Å². The highest BCUT2D eigenvalue weighted by Crippen LogP contribution is 2.27. The zero-order valence-electron chi connectivity index (χ0n) is 21.3. The summed E-state index contributed by atoms with van der Waals surface area (Å²) in [4.78, 5) is 39.7. The molecule has 5 rings (SSSR count). The number of amides is 4. The maximum absolute atomic E-state index is 13.4. The molecule has 7 nitrogen and oxygen atoms in total. The van der Waals surface area contributed by atoms with Crippen LogP contribution < -0.4 is 19.7 Å². The molecule has 0 spiro atoms. The Labute approximate surface area is 226 Å². The summed E-state index contributed by atoms with van der Waals surface area (Å²) in [5, 5.41) is 2.26. The summed E-state index contributed by atoms with van der Waals surface area (Å²) in [7, 11) is 0. The molecule has 4 aromatic carbocycles. The van der Waals surface area contributed by atoms with Crippen molar-refractivity contribution in [2.24, 2.45) is 0 Å². The first-order valence-electron chi connectivity index (χ1n) is 12.4. The van der Waals surface area contributed by atoms with Gasteiger partial charge in [0, 0.05) is 5.56 Å². The van der Waals surface area contributed by atoms with Gasteiger partial charge in [-0.05, 0) is 54.5 Å². The van der Waals surface area contributed by atoms with Gasteiger partial charge in [0.2, 0.25) is 0 Å². The predicted molar refractivity (Wildman–Crippen MR) is 148 cm³/mol. The van der Waals surface area contributed by atoms with E-state index in [-0.39, 0.29) is 5.57 Å². The molecule has 0 aromatic heterocycles. The van der Waals surface area contributed by atoms with Gasteiger partial charge in [0.25, 0.3) is 11.8 Å². The quantitative estimate of drug-likeness (QED) is 0.235. The Balaban J connectivity index is 1.34. The van der Waals surface area contributed by atoms with Gasteiger partial charge < -0.3 is 9.47 Å². The molecule has 194 valence electrons. The second kappa shape index (κ2) is 11.5. The fraction of sp³-hybridized carbons (Fsp3) is 0.0938. The van der Waals surface area contributed by atoms with Crippen molar-refractivity contribution in [1.29, 1.82) is 0 Å². The van der Waals surface area contributed by atoms with E-state index in [9.17, 15) is 14.4 Å². The summed E-state index contributed by atoms with van der Waals surface area (Å²) >= 11 is 0. The van der Waals surface area contributed by atoms with E-state index in [1.54, 1.807) is 42.5 Å². The van der Waals surface area contributed by atoms with E-state index in [0.717, 1.165) is 21.6 Å². The molecule has 1 aliphatic heterocycles. The van der Waals surface area contributed by atoms with E-state index in [4.69, 9.17) is 9.47 Å². The molecule has 4 aromatic rings. The molecule has 39 heavy (non-hydrogen) atoms. The largest absolute Gasteiger partial charge is 0.489 e. The van der Waals surface area contributed by atoms with Gasteiger partial charge in [0.05, 0.1) is 5.69 Å². The third-order valence-electron chi connectivity index (χ3n) is 6.14. The molecule has 1 aliphatic rings. The lowest BCUT2D eigenvalue weighted by Crippen LogP contribution is -2.54. The van der Waals surface area contributed by atoms with Crippen LogP contribution in [0.4, 0.5) is 10.5 Å². The van der Waals surface area contributed by atoms with Crippen LogP contribution in [0.25, 0.3) is 6.08 Å².